The van der Waals surface area contributed by atoms with Crippen LogP contribution in [0.15, 0.2) is 11.1 Å². The van der Waals surface area contributed by atoms with Gasteiger partial charge in [0.05, 0.1) is 0 Å². The van der Waals surface area contributed by atoms with Crippen molar-refractivity contribution in [2.45, 2.75) is 79.7 Å². The van der Waals surface area contributed by atoms with Gasteiger partial charge in [-0.3, -0.25) is 0 Å². The third-order valence-electron chi connectivity index (χ3n) is 7.28. The zero-order valence-corrected chi connectivity index (χ0v) is 15.7. The van der Waals surface area contributed by atoms with Crippen molar-refractivity contribution >= 4 is 6.21 Å². The van der Waals surface area contributed by atoms with E-state index in [0.717, 1.165) is 29.7 Å². The highest BCUT2D eigenvalue weighted by Crippen LogP contribution is 2.57. The predicted octanol–water partition coefficient (Wildman–Crippen LogP) is 5.30. The highest BCUT2D eigenvalue weighted by atomic mass is 15.1. The van der Waals surface area contributed by atoms with E-state index in [9.17, 15) is 0 Å². The molecule has 5 unspecified atom stereocenters. The summed E-state index contributed by atoms with van der Waals surface area (Å²) in [6.45, 7) is 16.0. The summed E-state index contributed by atoms with van der Waals surface area (Å²) in [5, 5.41) is 0. The SMILES string of the molecule is CCC1CC1C(C)(C)C(C)C(CC1=C(C)C1)[N+]1=CC(C)CC1. The minimum atomic E-state index is 0.481. The van der Waals surface area contributed by atoms with E-state index >= 15 is 0 Å². The van der Waals surface area contributed by atoms with Gasteiger partial charge in [0.2, 0.25) is 0 Å². The van der Waals surface area contributed by atoms with Crippen LogP contribution >= 0.6 is 0 Å². The summed E-state index contributed by atoms with van der Waals surface area (Å²) in [5.74, 6) is 3.51. The van der Waals surface area contributed by atoms with Crippen LogP contribution in [-0.4, -0.2) is 23.4 Å². The highest BCUT2D eigenvalue weighted by Gasteiger charge is 2.52. The van der Waals surface area contributed by atoms with Gasteiger partial charge in [-0.15, -0.1) is 0 Å². The molecule has 22 heavy (non-hydrogen) atoms. The molecule has 1 heterocycles. The second-order valence-electron chi connectivity index (χ2n) is 9.11. The van der Waals surface area contributed by atoms with Crippen molar-refractivity contribution in [3.8, 4) is 0 Å². The van der Waals surface area contributed by atoms with Crippen LogP contribution in [0.25, 0.3) is 0 Å². The van der Waals surface area contributed by atoms with Gasteiger partial charge in [0.25, 0.3) is 0 Å². The van der Waals surface area contributed by atoms with Gasteiger partial charge >= 0.3 is 0 Å². The Morgan fingerprint density at radius 3 is 2.50 bits per heavy atom. The molecule has 124 valence electrons. The number of hydrogen-bond donors (Lipinski definition) is 0. The van der Waals surface area contributed by atoms with Crippen molar-refractivity contribution in [3.63, 3.8) is 0 Å². The molecule has 0 saturated heterocycles. The molecule has 5 atom stereocenters. The molecule has 1 saturated carbocycles. The summed E-state index contributed by atoms with van der Waals surface area (Å²) in [6, 6.07) is 0.727. The first-order valence-electron chi connectivity index (χ1n) is 9.62. The van der Waals surface area contributed by atoms with Crippen molar-refractivity contribution in [1.29, 1.82) is 0 Å². The predicted molar refractivity (Wildman–Crippen MR) is 95.5 cm³/mol. The van der Waals surface area contributed by atoms with Crippen LogP contribution in [0.3, 0.4) is 0 Å². The van der Waals surface area contributed by atoms with E-state index in [1.165, 1.54) is 38.6 Å². The van der Waals surface area contributed by atoms with Crippen LogP contribution in [0, 0.1) is 29.1 Å². The Morgan fingerprint density at radius 1 is 1.36 bits per heavy atom. The first-order valence-corrected chi connectivity index (χ1v) is 9.62. The average Bonchev–Trinajstić information content (AvgIpc) is 3.36. The van der Waals surface area contributed by atoms with Crippen LogP contribution in [0.2, 0.25) is 0 Å². The molecule has 1 fully saturated rings. The molecule has 0 radical (unpaired) electrons. The monoisotopic (exact) mass is 302 g/mol. The molecule has 0 bridgehead atoms. The molecule has 2 aliphatic carbocycles. The zero-order valence-electron chi connectivity index (χ0n) is 15.7. The average molecular weight is 303 g/mol. The molecular weight excluding hydrogens is 266 g/mol. The van der Waals surface area contributed by atoms with Crippen LogP contribution in [0.4, 0.5) is 0 Å². The largest absolute Gasteiger partial charge is 0.236 e. The van der Waals surface area contributed by atoms with Crippen molar-refractivity contribution < 1.29 is 4.58 Å². The summed E-state index contributed by atoms with van der Waals surface area (Å²) in [6.07, 6.45) is 9.38. The smallest absolute Gasteiger partial charge is 0.159 e. The summed E-state index contributed by atoms with van der Waals surface area (Å²) >= 11 is 0. The van der Waals surface area contributed by atoms with E-state index in [0.29, 0.717) is 5.41 Å². The normalized spacial score (nSPS) is 33.7. The Balaban J connectivity index is 1.77. The highest BCUT2D eigenvalue weighted by molar-refractivity contribution is 5.56. The van der Waals surface area contributed by atoms with E-state index in [2.05, 4.69) is 52.3 Å². The minimum absolute atomic E-state index is 0.481. The van der Waals surface area contributed by atoms with Gasteiger partial charge in [0, 0.05) is 24.7 Å². The maximum absolute atomic E-state index is 2.72. The molecule has 0 spiro atoms. The fourth-order valence-electron chi connectivity index (χ4n) is 4.90. The van der Waals surface area contributed by atoms with Crippen molar-refractivity contribution in [2.24, 2.45) is 29.1 Å². The summed E-state index contributed by atoms with van der Waals surface area (Å²) in [5.41, 5.74) is 3.90. The molecule has 0 N–H and O–H groups in total. The number of allylic oxidation sites excluding steroid dienone is 1. The first-order chi connectivity index (χ1) is 10.3. The zero-order chi connectivity index (χ0) is 16.1. The Labute approximate surface area is 137 Å². The fourth-order valence-corrected chi connectivity index (χ4v) is 4.90. The quantitative estimate of drug-likeness (QED) is 0.443. The van der Waals surface area contributed by atoms with E-state index < -0.39 is 0 Å². The van der Waals surface area contributed by atoms with Crippen molar-refractivity contribution in [2.75, 3.05) is 6.54 Å². The molecule has 1 aliphatic heterocycles. The maximum atomic E-state index is 2.72. The molecule has 1 heteroatoms. The Morgan fingerprint density at radius 2 is 2.05 bits per heavy atom. The minimum Gasteiger partial charge on any atom is -0.236 e. The topological polar surface area (TPSA) is 3.01 Å². The van der Waals surface area contributed by atoms with Gasteiger partial charge in [-0.2, -0.15) is 0 Å². The second-order valence-corrected chi connectivity index (χ2v) is 9.11. The third kappa shape index (κ3) is 3.05. The molecule has 3 rings (SSSR count). The van der Waals surface area contributed by atoms with Gasteiger partial charge in [-0.1, -0.05) is 52.2 Å². The number of hydrogen-bond acceptors (Lipinski definition) is 0. The summed E-state index contributed by atoms with van der Waals surface area (Å²) in [7, 11) is 0. The third-order valence-corrected chi connectivity index (χ3v) is 7.28. The molecule has 3 aliphatic rings. The molecule has 0 aromatic carbocycles. The fraction of sp³-hybridized carbons (Fsp3) is 0.857. The number of rotatable bonds is 7. The molecular formula is C21H36N+. The van der Waals surface area contributed by atoms with Gasteiger partial charge < -0.3 is 0 Å². The second kappa shape index (κ2) is 5.80. The lowest BCUT2D eigenvalue weighted by Gasteiger charge is -2.36. The molecule has 1 nitrogen and oxygen atoms in total. The Bertz CT molecular complexity index is 496. The van der Waals surface area contributed by atoms with Gasteiger partial charge in [0.15, 0.2) is 6.04 Å². The van der Waals surface area contributed by atoms with Crippen LogP contribution in [0.5, 0.6) is 0 Å². The Hall–Kier alpha value is -0.590. The van der Waals surface area contributed by atoms with E-state index in [1.54, 1.807) is 11.1 Å². The van der Waals surface area contributed by atoms with Gasteiger partial charge in [-0.25, -0.2) is 4.58 Å². The van der Waals surface area contributed by atoms with E-state index in [-0.39, 0.29) is 0 Å². The summed E-state index contributed by atoms with van der Waals surface area (Å²) in [4.78, 5) is 0. The molecule has 0 aromatic rings. The molecule has 0 aromatic heterocycles. The lowest BCUT2D eigenvalue weighted by Crippen LogP contribution is -2.41. The van der Waals surface area contributed by atoms with Gasteiger partial charge in [0.1, 0.15) is 12.8 Å². The lowest BCUT2D eigenvalue weighted by molar-refractivity contribution is -0.566. The van der Waals surface area contributed by atoms with Crippen molar-refractivity contribution in [1.82, 2.24) is 0 Å². The van der Waals surface area contributed by atoms with E-state index in [4.69, 9.17) is 0 Å². The lowest BCUT2D eigenvalue weighted by atomic mass is 9.70. The standard InChI is InChI=1S/C21H36N/c1-7-17-11-19(17)21(5,6)16(4)20(12-18-10-15(18)3)22-9-8-14(2)13-22/h13-14,16-17,19-20H,7-12H2,1-6H3/q+1. The van der Waals surface area contributed by atoms with Crippen LogP contribution in [-0.2, 0) is 0 Å². The molecule has 0 amide bonds. The number of nitrogens with zero attached hydrogens (tertiary/aromatic N) is 1. The van der Waals surface area contributed by atoms with Crippen LogP contribution < -0.4 is 0 Å². The summed E-state index contributed by atoms with van der Waals surface area (Å²) < 4.78 is 2.72. The maximum Gasteiger partial charge on any atom is 0.159 e. The van der Waals surface area contributed by atoms with Crippen LogP contribution in [0.1, 0.15) is 73.6 Å². The van der Waals surface area contributed by atoms with Crippen molar-refractivity contribution in [3.05, 3.63) is 11.1 Å². The van der Waals surface area contributed by atoms with Gasteiger partial charge in [-0.05, 0) is 37.0 Å². The van der Waals surface area contributed by atoms with E-state index in [1.807, 2.05) is 0 Å². The Kier molecular flexibility index (Phi) is 4.29. The first kappa shape index (κ1) is 16.3.